The van der Waals surface area contributed by atoms with Crippen LogP contribution in [0.25, 0.3) is 22.3 Å². The van der Waals surface area contributed by atoms with Gasteiger partial charge in [0.2, 0.25) is 53.4 Å². The number of halogens is 2. The normalized spacial score (nSPS) is 27.3. The average molecular weight is 1630 g/mol. The van der Waals surface area contributed by atoms with Gasteiger partial charge in [0.25, 0.3) is 5.91 Å². The van der Waals surface area contributed by atoms with Crippen molar-refractivity contribution in [3.8, 4) is 68.2 Å². The maximum Gasteiger partial charge on any atom is 0.267 e. The maximum atomic E-state index is 16.3. The Morgan fingerprint density at radius 2 is 1.30 bits per heavy atom. The molecule has 115 heavy (non-hydrogen) atoms. The Hall–Kier alpha value is -11.1. The Balaban J connectivity index is 1.05. The number of nitrogens with two attached hydrogens (primary N) is 2. The van der Waals surface area contributed by atoms with Gasteiger partial charge < -0.3 is 123 Å². The highest BCUT2D eigenvalue weighted by molar-refractivity contribution is 6.32. The molecule has 0 spiro atoms. The molecule has 7 aliphatic rings. The van der Waals surface area contributed by atoms with Crippen molar-refractivity contribution in [1.29, 1.82) is 0 Å². The zero-order valence-electron chi connectivity index (χ0n) is 62.1. The summed E-state index contributed by atoms with van der Waals surface area (Å²) in [4.78, 5) is 120. The molecule has 2 fully saturated rings. The van der Waals surface area contributed by atoms with E-state index in [2.05, 4.69) is 47.7 Å². The zero-order chi connectivity index (χ0) is 82.8. The number of phenols is 3. The van der Waals surface area contributed by atoms with Gasteiger partial charge in [0.1, 0.15) is 95.5 Å². The van der Waals surface area contributed by atoms with Crippen molar-refractivity contribution < 1.29 is 113 Å². The van der Waals surface area contributed by atoms with Crippen LogP contribution in [-0.2, 0) is 52.6 Å². The molecule has 18 atom stereocenters. The number of rotatable bonds is 16. The number of fused-ring (bicyclic) bond motifs is 15. The lowest BCUT2D eigenvalue weighted by Crippen LogP contribution is -2.64. The number of carbonyl (C=O) groups excluding carboxylic acids is 8. The summed E-state index contributed by atoms with van der Waals surface area (Å²) in [7, 11) is 1.48. The molecule has 14 rings (SSSR count). The van der Waals surface area contributed by atoms with E-state index in [1.165, 1.54) is 45.3 Å². The molecular formula is C79H85Cl2N11O23. The second-order valence-corrected chi connectivity index (χ2v) is 29.9. The number of benzene rings is 7. The number of aliphatic hydroxyl groups excluding tert-OH is 6. The van der Waals surface area contributed by atoms with Crippen LogP contribution < -0.4 is 68.3 Å². The number of ether oxygens (including phenoxy) is 6. The molecule has 11 bridgehead atoms. The van der Waals surface area contributed by atoms with E-state index < -0.39 is 231 Å². The van der Waals surface area contributed by atoms with Crippen LogP contribution in [0.2, 0.25) is 10.0 Å². The highest BCUT2D eigenvalue weighted by atomic mass is 35.5. The van der Waals surface area contributed by atoms with Gasteiger partial charge in [-0.15, -0.1) is 0 Å². The molecule has 0 saturated carbocycles. The van der Waals surface area contributed by atoms with E-state index in [4.69, 9.17) is 63.1 Å². The minimum Gasteiger partial charge on any atom is -0.508 e. The lowest BCUT2D eigenvalue weighted by atomic mass is 9.86. The molecule has 7 heterocycles. The molecule has 7 aliphatic heterocycles. The summed E-state index contributed by atoms with van der Waals surface area (Å²) in [5.74, 6) is -15.1. The lowest BCUT2D eigenvalue weighted by molar-refractivity contribution is -0.333. The number of aromatic hydroxyl groups is 3. The molecule has 36 heteroatoms. The van der Waals surface area contributed by atoms with Gasteiger partial charge in [0.05, 0.1) is 47.5 Å². The van der Waals surface area contributed by atoms with Gasteiger partial charge in [-0.25, -0.2) is 5.43 Å². The van der Waals surface area contributed by atoms with Gasteiger partial charge in [0, 0.05) is 29.2 Å². The summed E-state index contributed by atoms with van der Waals surface area (Å²) in [6.07, 6.45) is -17.4. The number of primary amides is 1. The molecular weight excluding hydrogens is 1540 g/mol. The van der Waals surface area contributed by atoms with Gasteiger partial charge in [0.15, 0.2) is 23.9 Å². The topological polar surface area (TPSA) is 535 Å². The minimum atomic E-state index is -2.36. The Morgan fingerprint density at radius 1 is 0.687 bits per heavy atom. The number of likely N-dealkylation sites (N-methyl/N-ethyl adjacent to an activating group) is 1. The van der Waals surface area contributed by atoms with Gasteiger partial charge in [-0.3, -0.25) is 38.4 Å². The quantitative estimate of drug-likeness (QED) is 0.0488. The summed E-state index contributed by atoms with van der Waals surface area (Å²) < 4.78 is 38.7. The Kier molecular flexibility index (Phi) is 25.3. The number of hydrogen-bond donors (Lipinski definition) is 19. The van der Waals surface area contributed by atoms with Crippen molar-refractivity contribution >= 4 is 76.7 Å². The summed E-state index contributed by atoms with van der Waals surface area (Å²) in [6, 6.07) is 16.4. The van der Waals surface area contributed by atoms with E-state index in [0.717, 1.165) is 71.8 Å². The molecule has 7 aromatic carbocycles. The van der Waals surface area contributed by atoms with E-state index in [-0.39, 0.29) is 52.0 Å². The number of carbonyl (C=O) groups is 8. The summed E-state index contributed by atoms with van der Waals surface area (Å²) in [5.41, 5.74) is 13.0. The molecule has 0 aliphatic carbocycles. The van der Waals surface area contributed by atoms with E-state index in [9.17, 15) is 65.1 Å². The van der Waals surface area contributed by atoms with Crippen molar-refractivity contribution in [2.75, 3.05) is 13.7 Å². The lowest BCUT2D eigenvalue weighted by Gasteiger charge is -2.47. The fourth-order valence-corrected chi connectivity index (χ4v) is 14.6. The number of hydrogen-bond acceptors (Lipinski definition) is 26. The van der Waals surface area contributed by atoms with E-state index in [0.29, 0.717) is 5.56 Å². The minimum absolute atomic E-state index is 0.103. The maximum absolute atomic E-state index is 16.3. The smallest absolute Gasteiger partial charge is 0.267 e. The standard InChI is InChI=1S/C79H85Cl2N11O23/c1-33(2)21-47(84-5)71(103)90-62-64(98)39-16-19-51(45(80)23-39)111-53-25-41-26-54(68(53)115-78-69(67(101)66(100)55(32-93)113-78)114-57-30-79(4,83)70(102)34(3)110-57)112-52-20-17-40(24-46(52)81)65(99)63-76(108)89-61(77(109)92-85-31-35-11-13-37(14-12-35)36-9-7-6-8-10-36)44-27-42(94)28-50(96)58(44)43-22-38(15-18-49(43)95)59(73(105)91-63)88-74(106)60(41)87-72(104)48(29-56(82)97)86-75(62)107/h6-20,22-28,31,33-34,47-48,55,57,59-67,69-70,78,84,93-96,98-102H,21,29-30,32,83H2,1-5H3,(H2,82,97)(H,86,107)(H,87,104)(H,88,106)(H,89,108)(H,90,103)(H,91,105)(H,92,109)/b85-31+/t34-,47+,48-,55+,57-,59+,60+,61-,62+,63-,64+,65+,66+,67-,69+,70+,78-,79-/m0/s1. The SMILES string of the molecule is CN[C@H](CC(C)C)C(=O)N[C@H]1C(=O)N[C@@H](CC(N)=O)C(=O)N[C@H]2C(=O)N[C@H]3C(=O)N[C@H](C(=O)N[C@H](C(=O)N/N=C/c4ccc(-c5ccccc5)cc4)c4cc(O)cc(O)c4-c4cc3ccc4O)[C@H](O)c3ccc(c(Cl)c3)Oc3cc2cc(c3O[C@@H]2O[C@H](CO)[C@@H](O)[C@H](O)[C@H]2O[C@H]2C[C@](C)(N)[C@H](O)[C@H](C)O2)Oc2ccc(cc2Cl)[C@H]1O. The van der Waals surface area contributed by atoms with E-state index >= 15 is 19.2 Å². The Labute approximate surface area is 666 Å². The van der Waals surface area contributed by atoms with Crippen LogP contribution in [0.3, 0.4) is 0 Å². The first kappa shape index (κ1) is 83.3. The molecule has 8 amide bonds. The van der Waals surface area contributed by atoms with E-state index in [1.54, 1.807) is 24.3 Å². The third-order valence-electron chi connectivity index (χ3n) is 20.2. The first-order valence-electron chi connectivity index (χ1n) is 36.4. The fraction of sp³-hybridized carbons (Fsp3) is 0.354. The molecule has 608 valence electrons. The van der Waals surface area contributed by atoms with Crippen LogP contribution >= 0.6 is 23.2 Å². The largest absolute Gasteiger partial charge is 0.508 e. The molecule has 0 aromatic heterocycles. The van der Waals surface area contributed by atoms with Crippen molar-refractivity contribution in [3.63, 3.8) is 0 Å². The molecule has 2 saturated heterocycles. The third kappa shape index (κ3) is 18.4. The van der Waals surface area contributed by atoms with Crippen LogP contribution in [0, 0.1) is 5.92 Å². The van der Waals surface area contributed by atoms with Crippen LogP contribution in [0.1, 0.15) is 111 Å². The monoisotopic (exact) mass is 1630 g/mol. The summed E-state index contributed by atoms with van der Waals surface area (Å²) in [5, 5.41) is 127. The highest BCUT2D eigenvalue weighted by Crippen LogP contribution is 2.50. The van der Waals surface area contributed by atoms with Crippen molar-refractivity contribution in [2.45, 2.75) is 156 Å². The Morgan fingerprint density at radius 3 is 1.92 bits per heavy atom. The van der Waals surface area contributed by atoms with Crippen molar-refractivity contribution in [1.82, 2.24) is 42.6 Å². The molecule has 34 nitrogen and oxygen atoms in total. The van der Waals surface area contributed by atoms with Crippen molar-refractivity contribution in [2.24, 2.45) is 22.5 Å². The molecule has 21 N–H and O–H groups in total. The van der Waals surface area contributed by atoms with E-state index in [1.807, 2.05) is 44.2 Å². The van der Waals surface area contributed by atoms with Crippen molar-refractivity contribution in [3.05, 3.63) is 177 Å². The van der Waals surface area contributed by atoms with Crippen LogP contribution in [0.5, 0.6) is 46.0 Å². The first-order chi connectivity index (χ1) is 54.7. The Bertz CT molecular complexity index is 4910. The number of nitrogens with zero attached hydrogens (tertiary/aromatic N) is 1. The van der Waals surface area contributed by atoms with Gasteiger partial charge in [-0.1, -0.05) is 110 Å². The second-order valence-electron chi connectivity index (χ2n) is 29.1. The molecule has 0 unspecified atom stereocenters. The zero-order valence-corrected chi connectivity index (χ0v) is 63.6. The van der Waals surface area contributed by atoms with Gasteiger partial charge in [-0.2, -0.15) is 5.10 Å². The van der Waals surface area contributed by atoms with Gasteiger partial charge in [-0.05, 0) is 132 Å². The summed E-state index contributed by atoms with van der Waals surface area (Å²) >= 11 is 14.3. The molecule has 0 radical (unpaired) electrons. The predicted molar refractivity (Wildman–Crippen MR) is 409 cm³/mol. The second kappa shape index (κ2) is 34.9. The first-order valence-corrected chi connectivity index (χ1v) is 37.2. The number of amides is 8. The van der Waals surface area contributed by atoms with Gasteiger partial charge >= 0.3 is 0 Å². The van der Waals surface area contributed by atoms with Crippen LogP contribution in [0.15, 0.2) is 139 Å². The average Bonchev–Trinajstić information content (AvgIpc) is 0.765. The van der Waals surface area contributed by atoms with Crippen LogP contribution in [-0.4, -0.2) is 192 Å². The third-order valence-corrected chi connectivity index (χ3v) is 20.8. The number of phenolic OH excluding ortho intramolecular Hbond substituents is 3. The summed E-state index contributed by atoms with van der Waals surface area (Å²) in [6.45, 7) is 5.68. The predicted octanol–water partition coefficient (Wildman–Crippen LogP) is 2.84. The fourth-order valence-electron chi connectivity index (χ4n) is 14.1. The van der Waals surface area contributed by atoms with Crippen LogP contribution in [0.4, 0.5) is 0 Å². The number of aliphatic hydroxyl groups is 6. The highest BCUT2D eigenvalue weighted by Gasteiger charge is 2.52. The number of nitrogens with one attached hydrogen (secondary N) is 8. The molecule has 7 aromatic rings. The number of hydrazone groups is 1.